The second kappa shape index (κ2) is 6.04. The third kappa shape index (κ3) is 3.11. The molecule has 0 aliphatic heterocycles. The van der Waals surface area contributed by atoms with Crippen molar-refractivity contribution in [2.75, 3.05) is 6.67 Å². The van der Waals surface area contributed by atoms with Crippen LogP contribution in [0.4, 0.5) is 4.39 Å². The number of alkyl halides is 1. The Hall–Kier alpha value is -1.96. The Bertz CT molecular complexity index is 739. The first-order chi connectivity index (χ1) is 10.6. The number of halogens is 1. The zero-order valence-corrected chi connectivity index (χ0v) is 12.7. The van der Waals surface area contributed by atoms with Crippen molar-refractivity contribution in [3.05, 3.63) is 36.4 Å². The minimum Gasteiger partial charge on any atom is -0.486 e. The predicted molar refractivity (Wildman–Crippen MR) is 77.0 cm³/mol. The van der Waals surface area contributed by atoms with Gasteiger partial charge in [0.25, 0.3) is 0 Å². The Morgan fingerprint density at radius 1 is 1.27 bits per heavy atom. The standard InChI is InChI=1S/C14H16FN3O3S/c15-7-8-18-14(16-10-17-18)9-21-11-1-3-12(4-2-11)22(19,20)13-5-6-13/h1-4,10,13H,5-9H2. The van der Waals surface area contributed by atoms with Crippen molar-refractivity contribution in [1.29, 1.82) is 0 Å². The number of hydrogen-bond acceptors (Lipinski definition) is 5. The van der Waals surface area contributed by atoms with E-state index in [1.54, 1.807) is 24.3 Å². The molecule has 0 unspecified atom stereocenters. The highest BCUT2D eigenvalue weighted by molar-refractivity contribution is 7.92. The predicted octanol–water partition coefficient (Wildman–Crippen LogP) is 1.76. The topological polar surface area (TPSA) is 74.1 Å². The molecule has 6 nitrogen and oxygen atoms in total. The largest absolute Gasteiger partial charge is 0.486 e. The molecule has 118 valence electrons. The van der Waals surface area contributed by atoms with Crippen LogP contribution in [0.1, 0.15) is 18.7 Å². The lowest BCUT2D eigenvalue weighted by Crippen LogP contribution is -2.10. The first-order valence-electron chi connectivity index (χ1n) is 7.00. The molecule has 1 fully saturated rings. The molecule has 0 spiro atoms. The molecule has 1 heterocycles. The number of nitrogens with zero attached hydrogens (tertiary/aromatic N) is 3. The van der Waals surface area contributed by atoms with Crippen LogP contribution in [-0.4, -0.2) is 35.1 Å². The summed E-state index contributed by atoms with van der Waals surface area (Å²) in [4.78, 5) is 4.32. The number of hydrogen-bond donors (Lipinski definition) is 0. The van der Waals surface area contributed by atoms with Gasteiger partial charge in [-0.05, 0) is 37.1 Å². The molecule has 1 aromatic heterocycles. The van der Waals surface area contributed by atoms with E-state index in [2.05, 4.69) is 10.1 Å². The van der Waals surface area contributed by atoms with Crippen LogP contribution in [0.3, 0.4) is 0 Å². The molecular formula is C14H16FN3O3S. The summed E-state index contributed by atoms with van der Waals surface area (Å²) < 4.78 is 43.5. The highest BCUT2D eigenvalue weighted by Gasteiger charge is 2.36. The van der Waals surface area contributed by atoms with Gasteiger partial charge in [-0.3, -0.25) is 0 Å². The van der Waals surface area contributed by atoms with Gasteiger partial charge in [0.15, 0.2) is 15.7 Å². The summed E-state index contributed by atoms with van der Waals surface area (Å²) in [6, 6.07) is 6.33. The molecule has 0 atom stereocenters. The molecule has 0 radical (unpaired) electrons. The van der Waals surface area contributed by atoms with Crippen LogP contribution in [-0.2, 0) is 23.0 Å². The van der Waals surface area contributed by atoms with Crippen LogP contribution in [0.2, 0.25) is 0 Å². The minimum atomic E-state index is -3.18. The lowest BCUT2D eigenvalue weighted by molar-refractivity contribution is 0.282. The van der Waals surface area contributed by atoms with Crippen molar-refractivity contribution < 1.29 is 17.5 Å². The molecule has 3 rings (SSSR count). The molecule has 8 heteroatoms. The summed E-state index contributed by atoms with van der Waals surface area (Å²) in [6.07, 6.45) is 2.83. The van der Waals surface area contributed by atoms with Crippen molar-refractivity contribution in [2.45, 2.75) is 36.1 Å². The molecule has 1 aromatic carbocycles. The quantitative estimate of drug-likeness (QED) is 0.775. The van der Waals surface area contributed by atoms with E-state index in [4.69, 9.17) is 4.74 Å². The maximum Gasteiger partial charge on any atom is 0.181 e. The van der Waals surface area contributed by atoms with Crippen molar-refractivity contribution in [3.8, 4) is 5.75 Å². The minimum absolute atomic E-state index is 0.136. The molecule has 2 aromatic rings. The number of sulfone groups is 1. The summed E-state index contributed by atoms with van der Waals surface area (Å²) in [5.41, 5.74) is 0. The SMILES string of the molecule is O=S(=O)(c1ccc(OCc2ncnn2CCF)cc1)C1CC1. The second-order valence-corrected chi connectivity index (χ2v) is 7.32. The maximum atomic E-state index is 12.3. The van der Waals surface area contributed by atoms with Crippen LogP contribution in [0.5, 0.6) is 5.75 Å². The van der Waals surface area contributed by atoms with E-state index < -0.39 is 16.5 Å². The molecule has 22 heavy (non-hydrogen) atoms. The molecule has 0 N–H and O–H groups in total. The van der Waals surface area contributed by atoms with Crippen molar-refractivity contribution in [3.63, 3.8) is 0 Å². The molecular weight excluding hydrogens is 309 g/mol. The summed E-state index contributed by atoms with van der Waals surface area (Å²) >= 11 is 0. The van der Waals surface area contributed by atoms with Crippen LogP contribution in [0.15, 0.2) is 35.5 Å². The van der Waals surface area contributed by atoms with Gasteiger partial charge in [0.05, 0.1) is 16.7 Å². The van der Waals surface area contributed by atoms with E-state index in [1.165, 1.54) is 11.0 Å². The molecule has 1 aliphatic carbocycles. The van der Waals surface area contributed by atoms with Gasteiger partial charge >= 0.3 is 0 Å². The zero-order valence-electron chi connectivity index (χ0n) is 11.9. The van der Waals surface area contributed by atoms with E-state index in [9.17, 15) is 12.8 Å². The molecule has 1 aliphatic rings. The first-order valence-corrected chi connectivity index (χ1v) is 8.55. The van der Waals surface area contributed by atoms with Crippen LogP contribution in [0, 0.1) is 0 Å². The van der Waals surface area contributed by atoms with Gasteiger partial charge in [0.2, 0.25) is 0 Å². The Balaban J connectivity index is 1.65. The number of aromatic nitrogens is 3. The fourth-order valence-corrected chi connectivity index (χ4v) is 3.77. The molecule has 1 saturated carbocycles. The van der Waals surface area contributed by atoms with Gasteiger partial charge in [0.1, 0.15) is 25.4 Å². The number of benzene rings is 1. The summed E-state index contributed by atoms with van der Waals surface area (Å²) in [5.74, 6) is 1.05. The average molecular weight is 325 g/mol. The number of rotatable bonds is 7. The second-order valence-electron chi connectivity index (χ2n) is 5.09. The first kappa shape index (κ1) is 15.0. The Kier molecular flexibility index (Phi) is 4.10. The Labute approximate surface area is 127 Å². The van der Waals surface area contributed by atoms with Crippen LogP contribution >= 0.6 is 0 Å². The van der Waals surface area contributed by atoms with Crippen molar-refractivity contribution >= 4 is 9.84 Å². The monoisotopic (exact) mass is 325 g/mol. The molecule has 0 bridgehead atoms. The van der Waals surface area contributed by atoms with E-state index in [1.807, 2.05) is 0 Å². The fourth-order valence-electron chi connectivity index (χ4n) is 2.11. The average Bonchev–Trinajstić information content (AvgIpc) is 3.29. The summed E-state index contributed by atoms with van der Waals surface area (Å²) in [7, 11) is -3.18. The van der Waals surface area contributed by atoms with Gasteiger partial charge in [-0.2, -0.15) is 5.10 Å². The fraction of sp³-hybridized carbons (Fsp3) is 0.429. The normalized spacial score (nSPS) is 15.0. The van der Waals surface area contributed by atoms with Crippen molar-refractivity contribution in [1.82, 2.24) is 14.8 Å². The molecule has 0 saturated heterocycles. The maximum absolute atomic E-state index is 12.3. The van der Waals surface area contributed by atoms with Crippen LogP contribution < -0.4 is 4.74 Å². The third-order valence-corrected chi connectivity index (χ3v) is 5.75. The molecule has 0 amide bonds. The highest BCUT2D eigenvalue weighted by Crippen LogP contribution is 2.33. The van der Waals surface area contributed by atoms with Crippen molar-refractivity contribution in [2.24, 2.45) is 0 Å². The van der Waals surface area contributed by atoms with Gasteiger partial charge in [-0.1, -0.05) is 0 Å². The van der Waals surface area contributed by atoms with Gasteiger partial charge < -0.3 is 4.74 Å². The Morgan fingerprint density at radius 3 is 2.64 bits per heavy atom. The van der Waals surface area contributed by atoms with Gasteiger partial charge in [0, 0.05) is 0 Å². The van der Waals surface area contributed by atoms with E-state index in [-0.39, 0.29) is 18.4 Å². The van der Waals surface area contributed by atoms with Crippen LogP contribution in [0.25, 0.3) is 0 Å². The summed E-state index contributed by atoms with van der Waals surface area (Å²) in [5, 5.41) is 3.67. The smallest absolute Gasteiger partial charge is 0.181 e. The zero-order chi connectivity index (χ0) is 15.6. The lowest BCUT2D eigenvalue weighted by Gasteiger charge is -2.08. The van der Waals surface area contributed by atoms with E-state index in [0.29, 0.717) is 16.5 Å². The van der Waals surface area contributed by atoms with E-state index in [0.717, 1.165) is 12.8 Å². The number of ether oxygens (including phenoxy) is 1. The highest BCUT2D eigenvalue weighted by atomic mass is 32.2. The lowest BCUT2D eigenvalue weighted by atomic mass is 10.3. The van der Waals surface area contributed by atoms with Gasteiger partial charge in [-0.25, -0.2) is 22.5 Å². The number of aryl methyl sites for hydroxylation is 1. The third-order valence-electron chi connectivity index (χ3n) is 3.48. The van der Waals surface area contributed by atoms with Gasteiger partial charge in [-0.15, -0.1) is 0 Å². The summed E-state index contributed by atoms with van der Waals surface area (Å²) in [6.45, 7) is -0.240. The Morgan fingerprint density at radius 2 is 2.00 bits per heavy atom. The van der Waals surface area contributed by atoms with E-state index >= 15 is 0 Å².